The van der Waals surface area contributed by atoms with E-state index in [1.54, 1.807) is 7.11 Å². The van der Waals surface area contributed by atoms with Crippen LogP contribution in [0.25, 0.3) is 0 Å². The Kier molecular flexibility index (Phi) is 6.33. The van der Waals surface area contributed by atoms with Crippen LogP contribution in [0, 0.1) is 0 Å². The second kappa shape index (κ2) is 8.51. The maximum absolute atomic E-state index is 6.12. The van der Waals surface area contributed by atoms with Gasteiger partial charge in [0.2, 0.25) is 5.89 Å². The van der Waals surface area contributed by atoms with E-state index in [-0.39, 0.29) is 6.04 Å². The summed E-state index contributed by atoms with van der Waals surface area (Å²) in [6.07, 6.45) is 1.15. The van der Waals surface area contributed by atoms with Crippen molar-refractivity contribution < 1.29 is 14.0 Å². The highest BCUT2D eigenvalue weighted by Crippen LogP contribution is 2.14. The zero-order valence-corrected chi connectivity index (χ0v) is 12.2. The Morgan fingerprint density at radius 2 is 2.00 bits per heavy atom. The second-order valence-corrected chi connectivity index (χ2v) is 4.68. The topological polar surface area (TPSA) is 83.4 Å². The predicted molar refractivity (Wildman–Crippen MR) is 77.8 cm³/mol. The van der Waals surface area contributed by atoms with Gasteiger partial charge in [-0.05, 0) is 5.56 Å². The Hall–Kier alpha value is -1.76. The summed E-state index contributed by atoms with van der Waals surface area (Å²) < 4.78 is 15.5. The molecule has 1 aromatic heterocycles. The molecule has 0 amide bonds. The lowest BCUT2D eigenvalue weighted by Crippen LogP contribution is -2.13. The van der Waals surface area contributed by atoms with Gasteiger partial charge in [-0.1, -0.05) is 35.5 Å². The molecule has 21 heavy (non-hydrogen) atoms. The van der Waals surface area contributed by atoms with Gasteiger partial charge in [0.25, 0.3) is 0 Å². The van der Waals surface area contributed by atoms with Gasteiger partial charge in [-0.15, -0.1) is 0 Å². The highest BCUT2D eigenvalue weighted by molar-refractivity contribution is 5.19. The van der Waals surface area contributed by atoms with Crippen molar-refractivity contribution in [1.29, 1.82) is 0 Å². The van der Waals surface area contributed by atoms with Gasteiger partial charge in [0.15, 0.2) is 5.82 Å². The summed E-state index contributed by atoms with van der Waals surface area (Å²) in [7, 11) is 1.64. The summed E-state index contributed by atoms with van der Waals surface area (Å²) in [5, 5.41) is 3.93. The van der Waals surface area contributed by atoms with Gasteiger partial charge >= 0.3 is 0 Å². The lowest BCUT2D eigenvalue weighted by Gasteiger charge is -2.08. The van der Waals surface area contributed by atoms with E-state index in [1.165, 1.54) is 0 Å². The summed E-state index contributed by atoms with van der Waals surface area (Å²) in [6, 6.07) is 9.73. The molecule has 2 rings (SSSR count). The maximum atomic E-state index is 6.12. The van der Waals surface area contributed by atoms with Crippen LogP contribution >= 0.6 is 0 Å². The van der Waals surface area contributed by atoms with Gasteiger partial charge in [-0.25, -0.2) is 0 Å². The van der Waals surface area contributed by atoms with E-state index < -0.39 is 0 Å². The van der Waals surface area contributed by atoms with Crippen LogP contribution < -0.4 is 5.73 Å². The number of hydrogen-bond donors (Lipinski definition) is 1. The first-order chi connectivity index (χ1) is 10.3. The molecule has 6 nitrogen and oxygen atoms in total. The molecule has 0 bridgehead atoms. The molecule has 0 radical (unpaired) electrons. The van der Waals surface area contributed by atoms with Crippen molar-refractivity contribution in [3.05, 3.63) is 47.6 Å². The maximum Gasteiger partial charge on any atom is 0.228 e. The van der Waals surface area contributed by atoms with Crippen molar-refractivity contribution in [2.45, 2.75) is 18.9 Å². The lowest BCUT2D eigenvalue weighted by atomic mass is 10.1. The number of rotatable bonds is 9. The second-order valence-electron chi connectivity index (χ2n) is 4.68. The van der Waals surface area contributed by atoms with E-state index in [1.807, 2.05) is 30.3 Å². The predicted octanol–water partition coefficient (Wildman–Crippen LogP) is 1.52. The summed E-state index contributed by atoms with van der Waals surface area (Å²) >= 11 is 0. The number of hydrogen-bond acceptors (Lipinski definition) is 6. The highest BCUT2D eigenvalue weighted by Gasteiger charge is 2.12. The zero-order valence-electron chi connectivity index (χ0n) is 12.2. The molecular weight excluding hydrogens is 270 g/mol. The minimum atomic E-state index is -0.141. The molecule has 2 aromatic rings. The van der Waals surface area contributed by atoms with Gasteiger partial charge in [0.05, 0.1) is 19.8 Å². The summed E-state index contributed by atoms with van der Waals surface area (Å²) in [4.78, 5) is 4.32. The molecule has 0 aliphatic rings. The Balaban J connectivity index is 1.77. The molecule has 0 saturated heterocycles. The highest BCUT2D eigenvalue weighted by atomic mass is 16.5. The Morgan fingerprint density at radius 1 is 1.19 bits per heavy atom. The van der Waals surface area contributed by atoms with Crippen LogP contribution in [-0.4, -0.2) is 37.1 Å². The SMILES string of the molecule is COCCOCCc1noc(CC(N)c2ccccc2)n1. The van der Waals surface area contributed by atoms with Crippen LogP contribution in [0.3, 0.4) is 0 Å². The van der Waals surface area contributed by atoms with E-state index in [0.717, 1.165) is 5.56 Å². The minimum Gasteiger partial charge on any atom is -0.382 e. The normalized spacial score (nSPS) is 12.5. The minimum absolute atomic E-state index is 0.141. The third-order valence-electron chi connectivity index (χ3n) is 3.03. The van der Waals surface area contributed by atoms with E-state index in [2.05, 4.69) is 10.1 Å². The fraction of sp³-hybridized carbons (Fsp3) is 0.467. The molecule has 1 unspecified atom stereocenters. The van der Waals surface area contributed by atoms with Crippen molar-refractivity contribution in [3.8, 4) is 0 Å². The van der Waals surface area contributed by atoms with Crippen LogP contribution in [0.2, 0.25) is 0 Å². The van der Waals surface area contributed by atoms with E-state index in [0.29, 0.717) is 44.4 Å². The molecule has 1 aromatic carbocycles. The lowest BCUT2D eigenvalue weighted by molar-refractivity contribution is 0.0714. The Morgan fingerprint density at radius 3 is 2.76 bits per heavy atom. The molecular formula is C15H21N3O3. The molecule has 2 N–H and O–H groups in total. The number of nitrogens with zero attached hydrogens (tertiary/aromatic N) is 2. The van der Waals surface area contributed by atoms with Gasteiger partial charge < -0.3 is 19.7 Å². The number of methoxy groups -OCH3 is 1. The van der Waals surface area contributed by atoms with Crippen molar-refractivity contribution >= 4 is 0 Å². The Labute approximate surface area is 124 Å². The summed E-state index contributed by atoms with van der Waals surface area (Å²) in [5.41, 5.74) is 7.18. The fourth-order valence-corrected chi connectivity index (χ4v) is 1.89. The third kappa shape index (κ3) is 5.26. The third-order valence-corrected chi connectivity index (χ3v) is 3.03. The van der Waals surface area contributed by atoms with Crippen LogP contribution in [0.15, 0.2) is 34.9 Å². The van der Waals surface area contributed by atoms with Crippen LogP contribution in [0.5, 0.6) is 0 Å². The zero-order chi connectivity index (χ0) is 14.9. The number of ether oxygens (including phenoxy) is 2. The smallest absolute Gasteiger partial charge is 0.228 e. The average molecular weight is 291 g/mol. The molecule has 0 fully saturated rings. The van der Waals surface area contributed by atoms with E-state index >= 15 is 0 Å². The summed E-state index contributed by atoms with van der Waals surface area (Å²) in [6.45, 7) is 1.70. The Bertz CT molecular complexity index is 516. The number of benzene rings is 1. The van der Waals surface area contributed by atoms with E-state index in [4.69, 9.17) is 19.7 Å². The molecule has 6 heteroatoms. The van der Waals surface area contributed by atoms with Crippen molar-refractivity contribution in [1.82, 2.24) is 10.1 Å². The van der Waals surface area contributed by atoms with Gasteiger partial charge in [0, 0.05) is 26.0 Å². The molecule has 1 heterocycles. The molecule has 114 valence electrons. The van der Waals surface area contributed by atoms with Crippen molar-refractivity contribution in [2.75, 3.05) is 26.9 Å². The van der Waals surface area contributed by atoms with Gasteiger partial charge in [-0.3, -0.25) is 0 Å². The largest absolute Gasteiger partial charge is 0.382 e. The molecule has 1 atom stereocenters. The quantitative estimate of drug-likeness (QED) is 0.705. The first-order valence-corrected chi connectivity index (χ1v) is 6.98. The van der Waals surface area contributed by atoms with Gasteiger partial charge in [0.1, 0.15) is 0 Å². The van der Waals surface area contributed by atoms with Crippen LogP contribution in [0.4, 0.5) is 0 Å². The standard InChI is InChI=1S/C15H21N3O3/c1-19-9-10-20-8-7-14-17-15(21-18-14)11-13(16)12-5-3-2-4-6-12/h2-6,13H,7-11,16H2,1H3. The average Bonchev–Trinajstić information content (AvgIpc) is 2.95. The number of nitrogens with two attached hydrogens (primary N) is 1. The van der Waals surface area contributed by atoms with Crippen LogP contribution in [0.1, 0.15) is 23.3 Å². The summed E-state index contributed by atoms with van der Waals surface area (Å²) in [5.74, 6) is 1.20. The van der Waals surface area contributed by atoms with Crippen molar-refractivity contribution in [3.63, 3.8) is 0 Å². The fourth-order valence-electron chi connectivity index (χ4n) is 1.89. The molecule has 0 spiro atoms. The van der Waals surface area contributed by atoms with Crippen LogP contribution in [-0.2, 0) is 22.3 Å². The first-order valence-electron chi connectivity index (χ1n) is 6.98. The molecule has 0 aliphatic carbocycles. The molecule has 0 saturated carbocycles. The monoisotopic (exact) mass is 291 g/mol. The van der Waals surface area contributed by atoms with E-state index in [9.17, 15) is 0 Å². The molecule has 0 aliphatic heterocycles. The van der Waals surface area contributed by atoms with Gasteiger partial charge in [-0.2, -0.15) is 4.98 Å². The first kappa shape index (κ1) is 15.6. The number of aromatic nitrogens is 2. The van der Waals surface area contributed by atoms with Crippen molar-refractivity contribution in [2.24, 2.45) is 5.73 Å².